The number of hydrogen-bond acceptors (Lipinski definition) is 4. The van der Waals surface area contributed by atoms with Gasteiger partial charge >= 0.3 is 5.97 Å². The lowest BCUT2D eigenvalue weighted by molar-refractivity contribution is 0.0697. The van der Waals surface area contributed by atoms with Crippen LogP contribution < -0.4 is 0 Å². The molecule has 6 nitrogen and oxygen atoms in total. The fourth-order valence-corrected chi connectivity index (χ4v) is 4.66. The van der Waals surface area contributed by atoms with Crippen molar-refractivity contribution in [3.63, 3.8) is 0 Å². The van der Waals surface area contributed by atoms with Crippen LogP contribution in [0.2, 0.25) is 0 Å². The first-order chi connectivity index (χ1) is 16.0. The second-order valence-corrected chi connectivity index (χ2v) is 8.67. The number of nitrogens with zero attached hydrogens (tertiary/aromatic N) is 2. The molecule has 0 aliphatic heterocycles. The van der Waals surface area contributed by atoms with Crippen molar-refractivity contribution >= 4 is 11.8 Å². The SMILES string of the molecule is C#CCCC1CCCC(C(=O)c2n[nH]c(Cc3ccc(-c4ccccc4C(=O)O)cc3)n2)C1. The first-order valence-electron chi connectivity index (χ1n) is 11.4. The normalized spacial score (nSPS) is 17.9. The molecular weight excluding hydrogens is 414 g/mol. The number of carboxylic acids is 1. The maximum Gasteiger partial charge on any atom is 0.336 e. The molecule has 0 amide bonds. The Kier molecular flexibility index (Phi) is 6.99. The van der Waals surface area contributed by atoms with Gasteiger partial charge in [-0.2, -0.15) is 5.10 Å². The zero-order chi connectivity index (χ0) is 23.2. The number of Topliss-reactive ketones (excluding diaryl/α,β-unsaturated/α-hetero) is 1. The molecule has 0 saturated heterocycles. The first kappa shape index (κ1) is 22.5. The fourth-order valence-electron chi connectivity index (χ4n) is 4.66. The van der Waals surface area contributed by atoms with Crippen LogP contribution >= 0.6 is 0 Å². The van der Waals surface area contributed by atoms with Gasteiger partial charge in [-0.15, -0.1) is 12.3 Å². The van der Waals surface area contributed by atoms with E-state index in [-0.39, 0.29) is 23.1 Å². The highest BCUT2D eigenvalue weighted by atomic mass is 16.4. The molecule has 0 radical (unpaired) electrons. The Labute approximate surface area is 193 Å². The van der Waals surface area contributed by atoms with Gasteiger partial charge in [-0.3, -0.25) is 9.89 Å². The molecule has 33 heavy (non-hydrogen) atoms. The third-order valence-electron chi connectivity index (χ3n) is 6.40. The Morgan fingerprint density at radius 3 is 2.67 bits per heavy atom. The number of aromatic amines is 1. The molecule has 2 unspecified atom stereocenters. The molecule has 2 N–H and O–H groups in total. The van der Waals surface area contributed by atoms with Gasteiger partial charge < -0.3 is 5.11 Å². The number of H-pyrrole nitrogens is 1. The molecule has 2 atom stereocenters. The molecule has 1 heterocycles. The lowest BCUT2D eigenvalue weighted by Crippen LogP contribution is -2.24. The summed E-state index contributed by atoms with van der Waals surface area (Å²) < 4.78 is 0. The minimum atomic E-state index is -0.950. The highest BCUT2D eigenvalue weighted by Gasteiger charge is 2.29. The van der Waals surface area contributed by atoms with Gasteiger partial charge in [0, 0.05) is 18.8 Å². The first-order valence-corrected chi connectivity index (χ1v) is 11.4. The summed E-state index contributed by atoms with van der Waals surface area (Å²) in [7, 11) is 0. The molecule has 1 aliphatic carbocycles. The summed E-state index contributed by atoms with van der Waals surface area (Å²) in [4.78, 5) is 28.9. The standard InChI is InChI=1S/C27H27N3O3/c1-2-3-7-18-8-6-9-21(16-18)25(31)26-28-24(29-30-26)17-19-12-14-20(15-13-19)22-10-4-5-11-23(22)27(32)33/h1,4-5,10-15,18,21H,3,6-9,16-17H2,(H,32,33)(H,28,29,30). The Hall–Kier alpha value is -3.72. The minimum absolute atomic E-state index is 0.0172. The zero-order valence-corrected chi connectivity index (χ0v) is 18.5. The van der Waals surface area contributed by atoms with E-state index in [4.69, 9.17) is 6.42 Å². The van der Waals surface area contributed by atoms with E-state index in [9.17, 15) is 14.7 Å². The van der Waals surface area contributed by atoms with Crippen LogP contribution in [0.25, 0.3) is 11.1 Å². The maximum atomic E-state index is 12.9. The van der Waals surface area contributed by atoms with Crippen molar-refractivity contribution in [1.29, 1.82) is 0 Å². The summed E-state index contributed by atoms with van der Waals surface area (Å²) in [5, 5.41) is 16.5. The summed E-state index contributed by atoms with van der Waals surface area (Å²) in [6.45, 7) is 0. The molecule has 1 aromatic heterocycles. The van der Waals surface area contributed by atoms with Crippen LogP contribution in [0.3, 0.4) is 0 Å². The molecule has 6 heteroatoms. The highest BCUT2D eigenvalue weighted by molar-refractivity contribution is 5.96. The number of benzene rings is 2. The third kappa shape index (κ3) is 5.38. The van der Waals surface area contributed by atoms with Crippen LogP contribution in [-0.2, 0) is 6.42 Å². The summed E-state index contributed by atoms with van der Waals surface area (Å²) in [5.41, 5.74) is 2.78. The second kappa shape index (κ2) is 10.3. The van der Waals surface area contributed by atoms with E-state index in [1.54, 1.807) is 18.2 Å². The van der Waals surface area contributed by atoms with Crippen LogP contribution in [0.1, 0.15) is 70.9 Å². The van der Waals surface area contributed by atoms with Gasteiger partial charge in [-0.1, -0.05) is 55.3 Å². The van der Waals surface area contributed by atoms with Crippen LogP contribution in [0, 0.1) is 24.2 Å². The van der Waals surface area contributed by atoms with Gasteiger partial charge in [0.15, 0.2) is 0 Å². The summed E-state index contributed by atoms with van der Waals surface area (Å²) >= 11 is 0. The second-order valence-electron chi connectivity index (χ2n) is 8.67. The largest absolute Gasteiger partial charge is 0.478 e. The predicted octanol–water partition coefficient (Wildman–Crippen LogP) is 5.16. The number of terminal acetylenes is 1. The topological polar surface area (TPSA) is 95.9 Å². The Balaban J connectivity index is 1.41. The molecule has 0 spiro atoms. The van der Waals surface area contributed by atoms with Gasteiger partial charge in [-0.25, -0.2) is 9.78 Å². The van der Waals surface area contributed by atoms with Gasteiger partial charge in [0.2, 0.25) is 11.6 Å². The molecule has 4 rings (SSSR count). The van der Waals surface area contributed by atoms with Crippen molar-refractivity contribution in [2.75, 3.05) is 0 Å². The van der Waals surface area contributed by atoms with E-state index in [1.807, 2.05) is 30.3 Å². The molecule has 3 aromatic rings. The Morgan fingerprint density at radius 1 is 1.12 bits per heavy atom. The number of carbonyl (C=O) groups is 2. The van der Waals surface area contributed by atoms with Crippen LogP contribution in [-0.4, -0.2) is 32.0 Å². The van der Waals surface area contributed by atoms with E-state index >= 15 is 0 Å². The zero-order valence-electron chi connectivity index (χ0n) is 18.5. The fraction of sp³-hybridized carbons (Fsp3) is 0.333. The van der Waals surface area contributed by atoms with Crippen molar-refractivity contribution < 1.29 is 14.7 Å². The molecule has 0 bridgehead atoms. The van der Waals surface area contributed by atoms with Crippen molar-refractivity contribution in [2.45, 2.75) is 44.9 Å². The predicted molar refractivity (Wildman–Crippen MR) is 126 cm³/mol. The number of aromatic nitrogens is 3. The maximum absolute atomic E-state index is 12.9. The van der Waals surface area contributed by atoms with E-state index in [0.29, 0.717) is 23.7 Å². The van der Waals surface area contributed by atoms with Crippen molar-refractivity contribution in [1.82, 2.24) is 15.2 Å². The molecule has 1 saturated carbocycles. The Bertz CT molecular complexity index is 1170. The lowest BCUT2D eigenvalue weighted by Gasteiger charge is -2.27. The van der Waals surface area contributed by atoms with E-state index < -0.39 is 5.97 Å². The smallest absolute Gasteiger partial charge is 0.336 e. The summed E-state index contributed by atoms with van der Waals surface area (Å²) in [6.07, 6.45) is 11.6. The number of ketones is 1. The number of aromatic carboxylic acids is 1. The molecule has 168 valence electrons. The van der Waals surface area contributed by atoms with E-state index in [0.717, 1.165) is 49.7 Å². The number of carboxylic acid groups (broad SMARTS) is 1. The van der Waals surface area contributed by atoms with Gasteiger partial charge in [0.1, 0.15) is 5.82 Å². The van der Waals surface area contributed by atoms with E-state index in [1.165, 1.54) is 0 Å². The summed E-state index contributed by atoms with van der Waals surface area (Å²) in [5.74, 6) is 3.14. The van der Waals surface area contributed by atoms with Crippen LogP contribution in [0.5, 0.6) is 0 Å². The number of carbonyl (C=O) groups excluding carboxylic acids is 1. The molecule has 2 aromatic carbocycles. The number of nitrogens with one attached hydrogen (secondary N) is 1. The van der Waals surface area contributed by atoms with Crippen LogP contribution in [0.15, 0.2) is 48.5 Å². The lowest BCUT2D eigenvalue weighted by atomic mass is 9.77. The van der Waals surface area contributed by atoms with Gasteiger partial charge in [0.25, 0.3) is 0 Å². The van der Waals surface area contributed by atoms with Crippen molar-refractivity contribution in [2.24, 2.45) is 11.8 Å². The van der Waals surface area contributed by atoms with Gasteiger partial charge in [0.05, 0.1) is 5.56 Å². The average molecular weight is 442 g/mol. The van der Waals surface area contributed by atoms with Crippen molar-refractivity contribution in [3.8, 4) is 23.5 Å². The minimum Gasteiger partial charge on any atom is -0.478 e. The number of rotatable bonds is 8. The molecule has 1 fully saturated rings. The average Bonchev–Trinajstić information content (AvgIpc) is 3.31. The van der Waals surface area contributed by atoms with Gasteiger partial charge in [-0.05, 0) is 47.9 Å². The summed E-state index contributed by atoms with van der Waals surface area (Å²) in [6, 6.07) is 14.6. The number of hydrogen-bond donors (Lipinski definition) is 2. The van der Waals surface area contributed by atoms with Crippen molar-refractivity contribution in [3.05, 3.63) is 71.3 Å². The van der Waals surface area contributed by atoms with Crippen LogP contribution in [0.4, 0.5) is 0 Å². The van der Waals surface area contributed by atoms with E-state index in [2.05, 4.69) is 21.1 Å². The third-order valence-corrected chi connectivity index (χ3v) is 6.40. The molecular formula is C27H27N3O3. The quantitative estimate of drug-likeness (QED) is 0.372. The molecule has 1 aliphatic rings. The monoisotopic (exact) mass is 441 g/mol. The Morgan fingerprint density at radius 2 is 1.91 bits per heavy atom. The highest BCUT2D eigenvalue weighted by Crippen LogP contribution is 2.33.